The number of hydrogen-bond donors (Lipinski definition) is 1. The summed E-state index contributed by atoms with van der Waals surface area (Å²) in [6, 6.07) is 0.482. The lowest BCUT2D eigenvalue weighted by molar-refractivity contribution is 0.501. The third kappa shape index (κ3) is 4.08. The van der Waals surface area contributed by atoms with Crippen molar-refractivity contribution in [2.45, 2.75) is 53.0 Å². The van der Waals surface area contributed by atoms with E-state index in [9.17, 15) is 0 Å². The van der Waals surface area contributed by atoms with E-state index in [1.165, 1.54) is 12.0 Å². The van der Waals surface area contributed by atoms with Gasteiger partial charge in [-0.1, -0.05) is 27.2 Å². The van der Waals surface area contributed by atoms with Gasteiger partial charge in [0.15, 0.2) is 0 Å². The van der Waals surface area contributed by atoms with Crippen LogP contribution in [0.25, 0.3) is 0 Å². The molecule has 0 aromatic carbocycles. The Bertz CT molecular complexity index is 390. The molecule has 0 saturated carbocycles. The molecule has 0 aliphatic carbocycles. The Morgan fingerprint density at radius 1 is 1.26 bits per heavy atom. The fourth-order valence-corrected chi connectivity index (χ4v) is 2.45. The quantitative estimate of drug-likeness (QED) is 0.820. The molecule has 0 radical (unpaired) electrons. The van der Waals surface area contributed by atoms with Crippen molar-refractivity contribution >= 4 is 11.6 Å². The summed E-state index contributed by atoms with van der Waals surface area (Å²) in [6.45, 7) is 8.97. The zero-order chi connectivity index (χ0) is 14.4. The van der Waals surface area contributed by atoms with Crippen molar-refractivity contribution in [3.63, 3.8) is 0 Å². The lowest BCUT2D eigenvalue weighted by Crippen LogP contribution is -2.32. The molecule has 0 bridgehead atoms. The molecular weight excluding hydrogens is 236 g/mol. The summed E-state index contributed by atoms with van der Waals surface area (Å²) in [5, 5.41) is 3.18. The van der Waals surface area contributed by atoms with Gasteiger partial charge in [0.1, 0.15) is 18.0 Å². The van der Waals surface area contributed by atoms with Gasteiger partial charge >= 0.3 is 0 Å². The molecule has 1 aromatic rings. The van der Waals surface area contributed by atoms with Crippen LogP contribution < -0.4 is 10.2 Å². The zero-order valence-corrected chi connectivity index (χ0v) is 13.2. The van der Waals surface area contributed by atoms with Gasteiger partial charge < -0.3 is 10.2 Å². The number of aromatic nitrogens is 2. The maximum Gasteiger partial charge on any atom is 0.137 e. The maximum atomic E-state index is 4.51. The summed E-state index contributed by atoms with van der Waals surface area (Å²) >= 11 is 0. The van der Waals surface area contributed by atoms with Crippen LogP contribution in [0.15, 0.2) is 6.33 Å². The fraction of sp³-hybridized carbons (Fsp3) is 0.733. The Hall–Kier alpha value is -1.32. The van der Waals surface area contributed by atoms with E-state index in [1.54, 1.807) is 6.33 Å². The highest BCUT2D eigenvalue weighted by molar-refractivity contribution is 5.58. The molecule has 1 aromatic heterocycles. The Balaban J connectivity index is 3.03. The fourth-order valence-electron chi connectivity index (χ4n) is 2.45. The Morgan fingerprint density at radius 3 is 2.47 bits per heavy atom. The van der Waals surface area contributed by atoms with E-state index < -0.39 is 0 Å². The van der Waals surface area contributed by atoms with E-state index in [4.69, 9.17) is 0 Å². The van der Waals surface area contributed by atoms with Crippen LogP contribution in [0.4, 0.5) is 11.6 Å². The number of hydrogen-bond acceptors (Lipinski definition) is 4. The largest absolute Gasteiger partial charge is 0.373 e. The second-order valence-corrected chi connectivity index (χ2v) is 5.61. The summed E-state index contributed by atoms with van der Waals surface area (Å²) in [5.74, 6) is 2.71. The standard InChI is InChI=1S/C15H28N4/c1-7-8-13-14(16-5)17-10-18-15(13)19(6)12(4)9-11(2)3/h10-12H,7-9H2,1-6H3,(H,16,17,18). The van der Waals surface area contributed by atoms with E-state index in [0.717, 1.165) is 24.5 Å². The van der Waals surface area contributed by atoms with Crippen molar-refractivity contribution in [1.29, 1.82) is 0 Å². The van der Waals surface area contributed by atoms with E-state index in [1.807, 2.05) is 7.05 Å². The van der Waals surface area contributed by atoms with Crippen molar-refractivity contribution in [3.05, 3.63) is 11.9 Å². The van der Waals surface area contributed by atoms with Gasteiger partial charge in [0.25, 0.3) is 0 Å². The molecule has 1 rings (SSSR count). The monoisotopic (exact) mass is 264 g/mol. The number of anilines is 2. The number of nitrogens with one attached hydrogen (secondary N) is 1. The molecule has 4 heteroatoms. The van der Waals surface area contributed by atoms with Gasteiger partial charge in [-0.25, -0.2) is 9.97 Å². The smallest absolute Gasteiger partial charge is 0.137 e. The van der Waals surface area contributed by atoms with Gasteiger partial charge in [0.2, 0.25) is 0 Å². The van der Waals surface area contributed by atoms with Gasteiger partial charge in [-0.3, -0.25) is 0 Å². The molecule has 4 nitrogen and oxygen atoms in total. The van der Waals surface area contributed by atoms with Crippen LogP contribution in [-0.4, -0.2) is 30.1 Å². The Morgan fingerprint density at radius 2 is 1.95 bits per heavy atom. The zero-order valence-electron chi connectivity index (χ0n) is 13.2. The molecule has 1 atom stereocenters. The van der Waals surface area contributed by atoms with Crippen molar-refractivity contribution in [2.24, 2.45) is 5.92 Å². The maximum absolute atomic E-state index is 4.51. The first-order valence-corrected chi connectivity index (χ1v) is 7.25. The topological polar surface area (TPSA) is 41.1 Å². The lowest BCUT2D eigenvalue weighted by atomic mass is 10.0. The molecule has 19 heavy (non-hydrogen) atoms. The SMILES string of the molecule is CCCc1c(NC)ncnc1N(C)C(C)CC(C)C. The predicted molar refractivity (Wildman–Crippen MR) is 82.9 cm³/mol. The van der Waals surface area contributed by atoms with Crippen molar-refractivity contribution in [2.75, 3.05) is 24.3 Å². The van der Waals surface area contributed by atoms with Crippen molar-refractivity contribution < 1.29 is 0 Å². The number of rotatable bonds is 7. The van der Waals surface area contributed by atoms with Crippen LogP contribution in [0.3, 0.4) is 0 Å². The third-order valence-corrected chi connectivity index (χ3v) is 3.47. The highest BCUT2D eigenvalue weighted by Crippen LogP contribution is 2.26. The summed E-state index contributed by atoms with van der Waals surface area (Å²) in [7, 11) is 4.05. The van der Waals surface area contributed by atoms with E-state index in [0.29, 0.717) is 12.0 Å². The van der Waals surface area contributed by atoms with Crippen LogP contribution in [0.1, 0.15) is 46.1 Å². The van der Waals surface area contributed by atoms with Crippen LogP contribution in [0.5, 0.6) is 0 Å². The first-order valence-electron chi connectivity index (χ1n) is 7.25. The molecule has 1 N–H and O–H groups in total. The minimum absolute atomic E-state index is 0.482. The molecular formula is C15H28N4. The average molecular weight is 264 g/mol. The second kappa shape index (κ2) is 7.31. The van der Waals surface area contributed by atoms with Crippen LogP contribution in [0, 0.1) is 5.92 Å². The summed E-state index contributed by atoms with van der Waals surface area (Å²) in [6.07, 6.45) is 4.92. The molecule has 1 heterocycles. The van der Waals surface area contributed by atoms with Gasteiger partial charge in [0, 0.05) is 25.7 Å². The number of nitrogens with zero attached hydrogens (tertiary/aromatic N) is 3. The molecule has 0 saturated heterocycles. The minimum atomic E-state index is 0.482. The summed E-state index contributed by atoms with van der Waals surface area (Å²) < 4.78 is 0. The van der Waals surface area contributed by atoms with Gasteiger partial charge in [-0.2, -0.15) is 0 Å². The summed E-state index contributed by atoms with van der Waals surface area (Å²) in [5.41, 5.74) is 1.23. The van der Waals surface area contributed by atoms with E-state index in [2.05, 4.69) is 54.9 Å². The lowest BCUT2D eigenvalue weighted by Gasteiger charge is -2.29. The normalized spacial score (nSPS) is 12.6. The summed E-state index contributed by atoms with van der Waals surface area (Å²) in [4.78, 5) is 11.1. The first kappa shape index (κ1) is 15.7. The van der Waals surface area contributed by atoms with E-state index >= 15 is 0 Å². The van der Waals surface area contributed by atoms with Gasteiger partial charge in [-0.15, -0.1) is 0 Å². The van der Waals surface area contributed by atoms with Crippen molar-refractivity contribution in [1.82, 2.24) is 9.97 Å². The van der Waals surface area contributed by atoms with Crippen LogP contribution in [-0.2, 0) is 6.42 Å². The average Bonchev–Trinajstić information content (AvgIpc) is 2.37. The highest BCUT2D eigenvalue weighted by atomic mass is 15.2. The highest BCUT2D eigenvalue weighted by Gasteiger charge is 2.18. The predicted octanol–water partition coefficient (Wildman–Crippen LogP) is 3.34. The van der Waals surface area contributed by atoms with Crippen LogP contribution >= 0.6 is 0 Å². The molecule has 0 fully saturated rings. The van der Waals surface area contributed by atoms with Crippen molar-refractivity contribution in [3.8, 4) is 0 Å². The van der Waals surface area contributed by atoms with Gasteiger partial charge in [-0.05, 0) is 25.7 Å². The molecule has 0 amide bonds. The first-order chi connectivity index (χ1) is 9.01. The van der Waals surface area contributed by atoms with E-state index in [-0.39, 0.29) is 0 Å². The molecule has 1 unspecified atom stereocenters. The Labute approximate surface area is 117 Å². The molecule has 0 aliphatic rings. The Kier molecular flexibility index (Phi) is 6.06. The molecule has 108 valence electrons. The molecule has 0 spiro atoms. The van der Waals surface area contributed by atoms with Gasteiger partial charge in [0.05, 0.1) is 0 Å². The third-order valence-electron chi connectivity index (χ3n) is 3.47. The van der Waals surface area contributed by atoms with Crippen LogP contribution in [0.2, 0.25) is 0 Å². The molecule has 0 aliphatic heterocycles. The second-order valence-electron chi connectivity index (χ2n) is 5.61. The minimum Gasteiger partial charge on any atom is -0.373 e.